The zero-order valence-corrected chi connectivity index (χ0v) is 20.1. The summed E-state index contributed by atoms with van der Waals surface area (Å²) < 4.78 is 33.0. The van der Waals surface area contributed by atoms with Gasteiger partial charge < -0.3 is 4.42 Å². The Kier molecular flexibility index (Phi) is 6.87. The molecule has 0 fully saturated rings. The number of benzene rings is 3. The van der Waals surface area contributed by atoms with Gasteiger partial charge in [0.2, 0.25) is 0 Å². The van der Waals surface area contributed by atoms with E-state index in [1.807, 2.05) is 6.07 Å². The van der Waals surface area contributed by atoms with Crippen molar-refractivity contribution in [3.05, 3.63) is 88.4 Å². The molecule has 11 heteroatoms. The van der Waals surface area contributed by atoms with Crippen LogP contribution in [0.1, 0.15) is 17.3 Å². The fourth-order valence-electron chi connectivity index (χ4n) is 3.21. The second kappa shape index (κ2) is 9.84. The molecule has 8 nitrogen and oxygen atoms in total. The van der Waals surface area contributed by atoms with E-state index in [0.717, 1.165) is 0 Å². The van der Waals surface area contributed by atoms with E-state index in [4.69, 9.17) is 27.6 Å². The molecule has 0 atom stereocenters. The van der Waals surface area contributed by atoms with Gasteiger partial charge in [-0.05, 0) is 61.5 Å². The summed E-state index contributed by atoms with van der Waals surface area (Å²) in [5.41, 5.74) is 1.23. The van der Waals surface area contributed by atoms with Gasteiger partial charge in [0, 0.05) is 17.1 Å². The van der Waals surface area contributed by atoms with Gasteiger partial charge in [-0.15, -0.1) is 5.10 Å². The molecular weight excluding hydrogens is 499 g/mol. The molecule has 1 amide bonds. The van der Waals surface area contributed by atoms with Crippen molar-refractivity contribution in [2.45, 2.75) is 11.8 Å². The zero-order chi connectivity index (χ0) is 24.3. The number of halogens is 2. The second-order valence-corrected chi connectivity index (χ2v) is 9.73. The lowest BCUT2D eigenvalue weighted by Crippen LogP contribution is -2.30. The van der Waals surface area contributed by atoms with Crippen LogP contribution in [0.25, 0.3) is 11.5 Å². The van der Waals surface area contributed by atoms with Crippen LogP contribution in [0.3, 0.4) is 0 Å². The van der Waals surface area contributed by atoms with E-state index >= 15 is 0 Å². The number of rotatable bonds is 7. The summed E-state index contributed by atoms with van der Waals surface area (Å²) in [6, 6.07) is 19.0. The van der Waals surface area contributed by atoms with E-state index in [0.29, 0.717) is 21.3 Å². The van der Waals surface area contributed by atoms with Crippen LogP contribution in [0.2, 0.25) is 10.0 Å². The smallest absolute Gasteiger partial charge is 0.322 e. The third kappa shape index (κ3) is 4.91. The highest BCUT2D eigenvalue weighted by Gasteiger charge is 2.24. The summed E-state index contributed by atoms with van der Waals surface area (Å²) in [7, 11) is -3.80. The van der Waals surface area contributed by atoms with Crippen LogP contribution in [0.15, 0.2) is 82.1 Å². The summed E-state index contributed by atoms with van der Waals surface area (Å²) in [6.07, 6.45) is 0. The number of anilines is 2. The van der Waals surface area contributed by atoms with E-state index in [2.05, 4.69) is 15.5 Å². The number of amides is 1. The number of carbonyl (C=O) groups excluding carboxylic acids is 1. The van der Waals surface area contributed by atoms with E-state index in [1.54, 1.807) is 43.3 Å². The molecule has 0 radical (unpaired) electrons. The van der Waals surface area contributed by atoms with Gasteiger partial charge in [0.05, 0.1) is 21.2 Å². The molecule has 0 saturated heterocycles. The minimum atomic E-state index is -3.80. The first-order chi connectivity index (χ1) is 16.3. The Morgan fingerprint density at radius 1 is 1.00 bits per heavy atom. The predicted molar refractivity (Wildman–Crippen MR) is 131 cm³/mol. The topological polar surface area (TPSA) is 105 Å². The van der Waals surface area contributed by atoms with Gasteiger partial charge in [-0.3, -0.25) is 14.4 Å². The molecule has 0 spiro atoms. The van der Waals surface area contributed by atoms with Crippen LogP contribution < -0.4 is 9.62 Å². The lowest BCUT2D eigenvalue weighted by molar-refractivity contribution is 0.102. The fraction of sp³-hybridized carbons (Fsp3) is 0.0870. The van der Waals surface area contributed by atoms with Crippen molar-refractivity contribution in [3.63, 3.8) is 0 Å². The Bertz CT molecular complexity index is 1430. The van der Waals surface area contributed by atoms with Crippen LogP contribution in [-0.4, -0.2) is 31.1 Å². The fourth-order valence-corrected chi connectivity index (χ4v) is 5.17. The van der Waals surface area contributed by atoms with Crippen molar-refractivity contribution in [1.82, 2.24) is 10.2 Å². The van der Waals surface area contributed by atoms with Gasteiger partial charge in [0.15, 0.2) is 0 Å². The van der Waals surface area contributed by atoms with Crippen molar-refractivity contribution in [2.24, 2.45) is 0 Å². The average molecular weight is 517 g/mol. The highest BCUT2D eigenvalue weighted by molar-refractivity contribution is 7.92. The first-order valence-electron chi connectivity index (χ1n) is 10.1. The average Bonchev–Trinajstić information content (AvgIpc) is 3.28. The van der Waals surface area contributed by atoms with Gasteiger partial charge >= 0.3 is 6.01 Å². The Morgan fingerprint density at radius 3 is 2.35 bits per heavy atom. The van der Waals surface area contributed by atoms with Crippen molar-refractivity contribution in [1.29, 1.82) is 0 Å². The molecular formula is C23H18Cl2N4O4S. The van der Waals surface area contributed by atoms with Gasteiger partial charge in [-0.2, -0.15) is 0 Å². The molecule has 4 aromatic rings. The maximum Gasteiger partial charge on any atom is 0.322 e. The Labute approximate surface area is 206 Å². The van der Waals surface area contributed by atoms with Crippen LogP contribution in [0.4, 0.5) is 11.7 Å². The molecule has 4 rings (SSSR count). The number of carbonyl (C=O) groups is 1. The molecule has 1 heterocycles. The largest absolute Gasteiger partial charge is 0.403 e. The standard InChI is InChI=1S/C23H18Cl2N4O4S/c1-2-29(17-6-4-3-5-7-17)34(31,32)18-11-8-15(9-12-18)21(30)26-23-28-27-22(33-23)19-13-10-16(24)14-20(19)25/h3-14H,2H2,1H3,(H,26,28,30). The first kappa shape index (κ1) is 23.7. The summed E-state index contributed by atoms with van der Waals surface area (Å²) in [5.74, 6) is -0.435. The number of hydrogen-bond acceptors (Lipinski definition) is 6. The van der Waals surface area contributed by atoms with Crippen LogP contribution in [-0.2, 0) is 10.0 Å². The highest BCUT2D eigenvalue weighted by atomic mass is 35.5. The van der Waals surface area contributed by atoms with E-state index in [1.165, 1.54) is 34.6 Å². The molecule has 0 unspecified atom stereocenters. The minimum Gasteiger partial charge on any atom is -0.403 e. The number of hydrogen-bond donors (Lipinski definition) is 1. The lowest BCUT2D eigenvalue weighted by atomic mass is 10.2. The third-order valence-electron chi connectivity index (χ3n) is 4.84. The van der Waals surface area contributed by atoms with E-state index in [9.17, 15) is 13.2 Å². The van der Waals surface area contributed by atoms with Gasteiger partial charge in [0.1, 0.15) is 0 Å². The molecule has 0 aliphatic carbocycles. The monoisotopic (exact) mass is 516 g/mol. The first-order valence-corrected chi connectivity index (χ1v) is 12.3. The molecule has 0 aliphatic heterocycles. The summed E-state index contributed by atoms with van der Waals surface area (Å²) in [4.78, 5) is 12.7. The summed E-state index contributed by atoms with van der Waals surface area (Å²) in [5, 5.41) is 11.0. The maximum atomic E-state index is 13.1. The molecule has 3 aromatic carbocycles. The van der Waals surface area contributed by atoms with Crippen LogP contribution in [0, 0.1) is 0 Å². The molecule has 0 bridgehead atoms. The maximum absolute atomic E-state index is 13.1. The van der Waals surface area contributed by atoms with Gasteiger partial charge in [0.25, 0.3) is 21.8 Å². The molecule has 0 saturated carbocycles. The van der Waals surface area contributed by atoms with Gasteiger partial charge in [-0.1, -0.05) is 46.5 Å². The number of para-hydroxylation sites is 1. The third-order valence-corrected chi connectivity index (χ3v) is 7.31. The van der Waals surface area contributed by atoms with Crippen LogP contribution in [0.5, 0.6) is 0 Å². The molecule has 34 heavy (non-hydrogen) atoms. The Hall–Kier alpha value is -3.40. The zero-order valence-electron chi connectivity index (χ0n) is 17.8. The Balaban J connectivity index is 1.50. The van der Waals surface area contributed by atoms with Crippen LogP contribution >= 0.6 is 23.2 Å². The number of aromatic nitrogens is 2. The SMILES string of the molecule is CCN(c1ccccc1)S(=O)(=O)c1ccc(C(=O)Nc2nnc(-c3ccc(Cl)cc3Cl)o2)cc1. The molecule has 0 aliphatic rings. The van der Waals surface area contributed by atoms with Crippen molar-refractivity contribution >= 4 is 50.8 Å². The number of sulfonamides is 1. The molecule has 174 valence electrons. The minimum absolute atomic E-state index is 0.0622. The summed E-state index contributed by atoms with van der Waals surface area (Å²) in [6.45, 7) is 2.01. The van der Waals surface area contributed by atoms with E-state index < -0.39 is 15.9 Å². The normalized spacial score (nSPS) is 11.3. The van der Waals surface area contributed by atoms with Crippen molar-refractivity contribution in [2.75, 3.05) is 16.2 Å². The predicted octanol–water partition coefficient (Wildman–Crippen LogP) is 5.51. The van der Waals surface area contributed by atoms with E-state index in [-0.39, 0.29) is 28.9 Å². The van der Waals surface area contributed by atoms with Crippen molar-refractivity contribution < 1.29 is 17.6 Å². The highest BCUT2D eigenvalue weighted by Crippen LogP contribution is 2.30. The molecule has 1 aromatic heterocycles. The van der Waals surface area contributed by atoms with Gasteiger partial charge in [-0.25, -0.2) is 8.42 Å². The number of nitrogens with zero attached hydrogens (tertiary/aromatic N) is 3. The van der Waals surface area contributed by atoms with Crippen molar-refractivity contribution in [3.8, 4) is 11.5 Å². The summed E-state index contributed by atoms with van der Waals surface area (Å²) >= 11 is 12.0. The Morgan fingerprint density at radius 2 is 1.71 bits per heavy atom. The number of nitrogens with one attached hydrogen (secondary N) is 1. The lowest BCUT2D eigenvalue weighted by Gasteiger charge is -2.22. The quantitative estimate of drug-likeness (QED) is 0.347. The second-order valence-electron chi connectivity index (χ2n) is 7.02. The molecule has 1 N–H and O–H groups in total.